The lowest BCUT2D eigenvalue weighted by atomic mass is 9.93. The normalized spacial score (nSPS) is 10.6. The zero-order chi connectivity index (χ0) is 9.40. The highest BCUT2D eigenvalue weighted by Gasteiger charge is 2.07. The van der Waals surface area contributed by atoms with Gasteiger partial charge < -0.3 is 5.73 Å². The van der Waals surface area contributed by atoms with E-state index in [-0.39, 0.29) is 5.91 Å². The van der Waals surface area contributed by atoms with Gasteiger partial charge in [-0.25, -0.2) is 0 Å². The van der Waals surface area contributed by atoms with Crippen LogP contribution in [0, 0.1) is 5.92 Å². The molecule has 12 heavy (non-hydrogen) atoms. The number of rotatable bonds is 7. The first-order valence-electron chi connectivity index (χ1n) is 4.99. The molecule has 72 valence electrons. The van der Waals surface area contributed by atoms with Gasteiger partial charge in [0.15, 0.2) is 0 Å². The fourth-order valence-electron chi connectivity index (χ4n) is 1.60. The van der Waals surface area contributed by atoms with Crippen LogP contribution in [0.25, 0.3) is 0 Å². The van der Waals surface area contributed by atoms with Crippen LogP contribution in [-0.4, -0.2) is 5.91 Å². The maximum absolute atomic E-state index is 10.5. The molecule has 0 aromatic heterocycles. The minimum Gasteiger partial charge on any atom is -0.370 e. The van der Waals surface area contributed by atoms with Crippen LogP contribution in [0.4, 0.5) is 0 Å². The number of carbonyl (C=O) groups excluding carboxylic acids is 1. The van der Waals surface area contributed by atoms with Crippen molar-refractivity contribution in [3.8, 4) is 0 Å². The van der Waals surface area contributed by atoms with E-state index in [1.165, 1.54) is 25.7 Å². The van der Waals surface area contributed by atoms with E-state index in [1.54, 1.807) is 0 Å². The van der Waals surface area contributed by atoms with Crippen molar-refractivity contribution in [1.29, 1.82) is 0 Å². The SMILES string of the molecule is CCCC(CCC)CCC(N)=O. The first-order chi connectivity index (χ1) is 5.70. The zero-order valence-corrected chi connectivity index (χ0v) is 8.31. The van der Waals surface area contributed by atoms with Crippen molar-refractivity contribution >= 4 is 5.91 Å². The van der Waals surface area contributed by atoms with Crippen LogP contribution in [0.3, 0.4) is 0 Å². The van der Waals surface area contributed by atoms with E-state index in [4.69, 9.17) is 5.73 Å². The molecule has 0 saturated heterocycles. The first kappa shape index (κ1) is 11.5. The van der Waals surface area contributed by atoms with Crippen LogP contribution >= 0.6 is 0 Å². The van der Waals surface area contributed by atoms with E-state index in [0.717, 1.165) is 6.42 Å². The molecule has 0 atom stereocenters. The van der Waals surface area contributed by atoms with Crippen molar-refractivity contribution in [2.24, 2.45) is 11.7 Å². The maximum Gasteiger partial charge on any atom is 0.217 e. The van der Waals surface area contributed by atoms with Gasteiger partial charge in [0.2, 0.25) is 5.91 Å². The Balaban J connectivity index is 3.54. The molecule has 0 aromatic rings. The highest BCUT2D eigenvalue weighted by atomic mass is 16.1. The van der Waals surface area contributed by atoms with Gasteiger partial charge in [0, 0.05) is 6.42 Å². The van der Waals surface area contributed by atoms with E-state index in [0.29, 0.717) is 12.3 Å². The predicted molar refractivity (Wildman–Crippen MR) is 51.7 cm³/mol. The van der Waals surface area contributed by atoms with E-state index in [1.807, 2.05) is 0 Å². The minimum absolute atomic E-state index is 0.160. The molecule has 0 fully saturated rings. The number of hydrogen-bond acceptors (Lipinski definition) is 1. The van der Waals surface area contributed by atoms with Crippen LogP contribution in [-0.2, 0) is 4.79 Å². The number of nitrogens with two attached hydrogens (primary N) is 1. The van der Waals surface area contributed by atoms with Gasteiger partial charge in [-0.15, -0.1) is 0 Å². The molecule has 0 unspecified atom stereocenters. The Morgan fingerprint density at radius 3 is 2.00 bits per heavy atom. The Bertz CT molecular complexity index is 117. The van der Waals surface area contributed by atoms with Crippen LogP contribution < -0.4 is 5.73 Å². The zero-order valence-electron chi connectivity index (χ0n) is 8.31. The summed E-state index contributed by atoms with van der Waals surface area (Å²) in [5, 5.41) is 0. The third kappa shape index (κ3) is 6.20. The fraction of sp³-hybridized carbons (Fsp3) is 0.900. The summed E-state index contributed by atoms with van der Waals surface area (Å²) in [7, 11) is 0. The van der Waals surface area contributed by atoms with Gasteiger partial charge in [-0.05, 0) is 12.3 Å². The molecule has 0 aromatic carbocycles. The molecule has 0 spiro atoms. The monoisotopic (exact) mass is 171 g/mol. The van der Waals surface area contributed by atoms with Gasteiger partial charge >= 0.3 is 0 Å². The second kappa shape index (κ2) is 7.14. The van der Waals surface area contributed by atoms with Crippen molar-refractivity contribution in [2.45, 2.75) is 52.4 Å². The summed E-state index contributed by atoms with van der Waals surface area (Å²) in [5.41, 5.74) is 5.09. The number of carbonyl (C=O) groups is 1. The fourth-order valence-corrected chi connectivity index (χ4v) is 1.60. The van der Waals surface area contributed by atoms with Crippen molar-refractivity contribution in [1.82, 2.24) is 0 Å². The topological polar surface area (TPSA) is 43.1 Å². The Labute approximate surface area is 75.5 Å². The maximum atomic E-state index is 10.5. The summed E-state index contributed by atoms with van der Waals surface area (Å²) in [5.74, 6) is 0.555. The molecule has 0 rings (SSSR count). The van der Waals surface area contributed by atoms with Gasteiger partial charge in [0.1, 0.15) is 0 Å². The van der Waals surface area contributed by atoms with Crippen LogP contribution in [0.1, 0.15) is 52.4 Å². The highest BCUT2D eigenvalue weighted by Crippen LogP contribution is 2.18. The lowest BCUT2D eigenvalue weighted by molar-refractivity contribution is -0.118. The van der Waals surface area contributed by atoms with Gasteiger partial charge in [0.05, 0.1) is 0 Å². The predicted octanol–water partition coefficient (Wildman–Crippen LogP) is 2.47. The average Bonchev–Trinajstić information content (AvgIpc) is 2.01. The number of amides is 1. The van der Waals surface area contributed by atoms with Gasteiger partial charge in [-0.1, -0.05) is 39.5 Å². The van der Waals surface area contributed by atoms with Crippen LogP contribution in [0.2, 0.25) is 0 Å². The van der Waals surface area contributed by atoms with Crippen LogP contribution in [0.15, 0.2) is 0 Å². The highest BCUT2D eigenvalue weighted by molar-refractivity contribution is 5.73. The van der Waals surface area contributed by atoms with E-state index >= 15 is 0 Å². The Morgan fingerprint density at radius 1 is 1.17 bits per heavy atom. The summed E-state index contributed by atoms with van der Waals surface area (Å²) < 4.78 is 0. The van der Waals surface area contributed by atoms with Crippen LogP contribution in [0.5, 0.6) is 0 Å². The summed E-state index contributed by atoms with van der Waals surface area (Å²) in [6.07, 6.45) is 6.44. The van der Waals surface area contributed by atoms with E-state index < -0.39 is 0 Å². The Kier molecular flexibility index (Phi) is 6.82. The molecule has 2 nitrogen and oxygen atoms in total. The first-order valence-corrected chi connectivity index (χ1v) is 4.99. The molecule has 0 bridgehead atoms. The summed E-state index contributed by atoms with van der Waals surface area (Å²) in [4.78, 5) is 10.5. The standard InChI is InChI=1S/C10H21NO/c1-3-5-9(6-4-2)7-8-10(11)12/h9H,3-8H2,1-2H3,(H2,11,12). The summed E-state index contributed by atoms with van der Waals surface area (Å²) in [6, 6.07) is 0. The molecule has 0 aliphatic rings. The smallest absolute Gasteiger partial charge is 0.217 e. The molecule has 2 N–H and O–H groups in total. The van der Waals surface area contributed by atoms with Crippen molar-refractivity contribution in [3.05, 3.63) is 0 Å². The molecule has 1 amide bonds. The molecule has 0 aliphatic heterocycles. The number of primary amides is 1. The third-order valence-electron chi connectivity index (χ3n) is 2.19. The molecule has 0 saturated carbocycles. The molecule has 0 heterocycles. The minimum atomic E-state index is -0.160. The Hall–Kier alpha value is -0.530. The summed E-state index contributed by atoms with van der Waals surface area (Å²) >= 11 is 0. The second-order valence-electron chi connectivity index (χ2n) is 3.45. The lowest BCUT2D eigenvalue weighted by Crippen LogP contribution is -2.12. The molecular formula is C10H21NO. The lowest BCUT2D eigenvalue weighted by Gasteiger charge is -2.13. The van der Waals surface area contributed by atoms with Gasteiger partial charge in [0.25, 0.3) is 0 Å². The van der Waals surface area contributed by atoms with Crippen molar-refractivity contribution in [3.63, 3.8) is 0 Å². The molecule has 0 aliphatic carbocycles. The molecule has 2 heteroatoms. The third-order valence-corrected chi connectivity index (χ3v) is 2.19. The van der Waals surface area contributed by atoms with Gasteiger partial charge in [-0.2, -0.15) is 0 Å². The van der Waals surface area contributed by atoms with E-state index in [2.05, 4.69) is 13.8 Å². The second-order valence-corrected chi connectivity index (χ2v) is 3.45. The van der Waals surface area contributed by atoms with Crippen molar-refractivity contribution in [2.75, 3.05) is 0 Å². The van der Waals surface area contributed by atoms with E-state index in [9.17, 15) is 4.79 Å². The van der Waals surface area contributed by atoms with Crippen molar-refractivity contribution < 1.29 is 4.79 Å². The largest absolute Gasteiger partial charge is 0.370 e. The number of hydrogen-bond donors (Lipinski definition) is 1. The quantitative estimate of drug-likeness (QED) is 0.628. The summed E-state index contributed by atoms with van der Waals surface area (Å²) in [6.45, 7) is 4.37. The van der Waals surface area contributed by atoms with Gasteiger partial charge in [-0.3, -0.25) is 4.79 Å². The molecular weight excluding hydrogens is 150 g/mol. The average molecular weight is 171 g/mol. The Morgan fingerprint density at radius 2 is 1.67 bits per heavy atom. The molecule has 0 radical (unpaired) electrons.